The smallest absolute Gasteiger partial charge is 0.408 e. The van der Waals surface area contributed by atoms with E-state index in [1.54, 1.807) is 20.8 Å². The molecule has 1 amide bonds. The summed E-state index contributed by atoms with van der Waals surface area (Å²) in [6, 6.07) is -0.965. The Labute approximate surface area is 123 Å². The minimum Gasteiger partial charge on any atom is -0.467 e. The molecule has 0 heterocycles. The molecular formula is C14H23F2NO4. The third-order valence-corrected chi connectivity index (χ3v) is 3.26. The Morgan fingerprint density at radius 1 is 1.24 bits per heavy atom. The van der Waals surface area contributed by atoms with Gasteiger partial charge in [0.05, 0.1) is 7.11 Å². The molecule has 21 heavy (non-hydrogen) atoms. The first-order chi connectivity index (χ1) is 9.62. The number of hydrogen-bond donors (Lipinski definition) is 1. The number of ether oxygens (including phenoxy) is 2. The molecule has 1 fully saturated rings. The molecule has 0 spiro atoms. The maximum Gasteiger partial charge on any atom is 0.408 e. The van der Waals surface area contributed by atoms with Gasteiger partial charge in [0, 0.05) is 0 Å². The largest absolute Gasteiger partial charge is 0.467 e. The van der Waals surface area contributed by atoms with Crippen LogP contribution in [0.5, 0.6) is 0 Å². The summed E-state index contributed by atoms with van der Waals surface area (Å²) in [6.45, 7) is 5.08. The molecule has 2 unspecified atom stereocenters. The standard InChI is InChI=1S/C14H23F2NO4/c1-14(2,3)21-13(19)17-11(12(18)20-4)7-8-5-9(15)10(16)6-8/h8-11H,5-7H2,1-4H3,(H,17,19)/t8?,9-,10+,11?. The fraction of sp³-hybridized carbons (Fsp3) is 0.857. The van der Waals surface area contributed by atoms with Crippen molar-refractivity contribution in [3.8, 4) is 0 Å². The van der Waals surface area contributed by atoms with Gasteiger partial charge in [0.1, 0.15) is 24.0 Å². The molecule has 0 bridgehead atoms. The Bertz CT molecular complexity index is 374. The lowest BCUT2D eigenvalue weighted by Gasteiger charge is -2.23. The van der Waals surface area contributed by atoms with Crippen LogP contribution in [0.25, 0.3) is 0 Å². The summed E-state index contributed by atoms with van der Waals surface area (Å²) < 4.78 is 36.0. The van der Waals surface area contributed by atoms with Crippen molar-refractivity contribution < 1.29 is 27.8 Å². The van der Waals surface area contributed by atoms with Crippen LogP contribution in [-0.2, 0) is 14.3 Å². The fourth-order valence-corrected chi connectivity index (χ4v) is 2.36. The summed E-state index contributed by atoms with van der Waals surface area (Å²) in [6.07, 6.45) is -3.55. The first-order valence-corrected chi connectivity index (χ1v) is 6.98. The second-order valence-corrected chi connectivity index (χ2v) is 6.33. The van der Waals surface area contributed by atoms with Gasteiger partial charge in [0.15, 0.2) is 0 Å². The number of hydrogen-bond acceptors (Lipinski definition) is 4. The summed E-state index contributed by atoms with van der Waals surface area (Å²) in [7, 11) is 1.19. The Morgan fingerprint density at radius 3 is 2.19 bits per heavy atom. The number of rotatable bonds is 4. The van der Waals surface area contributed by atoms with Crippen molar-refractivity contribution >= 4 is 12.1 Å². The number of carbonyl (C=O) groups is 2. The quantitative estimate of drug-likeness (QED) is 0.811. The molecule has 4 atom stereocenters. The monoisotopic (exact) mass is 307 g/mol. The lowest BCUT2D eigenvalue weighted by molar-refractivity contribution is -0.143. The molecule has 0 saturated heterocycles. The molecular weight excluding hydrogens is 284 g/mol. The van der Waals surface area contributed by atoms with Crippen LogP contribution in [0.15, 0.2) is 0 Å². The van der Waals surface area contributed by atoms with Crippen LogP contribution in [0, 0.1) is 5.92 Å². The highest BCUT2D eigenvalue weighted by Crippen LogP contribution is 2.33. The Kier molecular flexibility index (Phi) is 5.92. The van der Waals surface area contributed by atoms with Crippen molar-refractivity contribution in [3.63, 3.8) is 0 Å². The molecule has 1 aliphatic carbocycles. The van der Waals surface area contributed by atoms with Crippen LogP contribution in [0.2, 0.25) is 0 Å². The van der Waals surface area contributed by atoms with E-state index in [9.17, 15) is 18.4 Å². The predicted octanol–water partition coefficient (Wildman–Crippen LogP) is 2.53. The molecule has 0 radical (unpaired) electrons. The van der Waals surface area contributed by atoms with Gasteiger partial charge in [-0.2, -0.15) is 0 Å². The number of amides is 1. The molecule has 5 nitrogen and oxygen atoms in total. The number of alkyl halides is 2. The van der Waals surface area contributed by atoms with Crippen molar-refractivity contribution in [1.29, 1.82) is 0 Å². The molecule has 1 rings (SSSR count). The SMILES string of the molecule is COC(=O)C(CC1C[C@@H](F)[C@@H](F)C1)NC(=O)OC(C)(C)C. The minimum atomic E-state index is -1.50. The summed E-state index contributed by atoms with van der Waals surface area (Å²) in [5.41, 5.74) is -0.702. The lowest BCUT2D eigenvalue weighted by atomic mass is 9.98. The average Bonchev–Trinajstić information content (AvgIpc) is 2.64. The third kappa shape index (κ3) is 5.85. The van der Waals surface area contributed by atoms with Crippen molar-refractivity contribution in [1.82, 2.24) is 5.32 Å². The topological polar surface area (TPSA) is 64.6 Å². The second kappa shape index (κ2) is 7.04. The van der Waals surface area contributed by atoms with Crippen LogP contribution < -0.4 is 5.32 Å². The van der Waals surface area contributed by atoms with E-state index in [2.05, 4.69) is 10.1 Å². The van der Waals surface area contributed by atoms with Gasteiger partial charge in [-0.1, -0.05) is 0 Å². The van der Waals surface area contributed by atoms with E-state index in [1.807, 2.05) is 0 Å². The molecule has 1 saturated carbocycles. The summed E-state index contributed by atoms with van der Waals surface area (Å²) in [5.74, 6) is -0.965. The van der Waals surface area contributed by atoms with Gasteiger partial charge in [0.25, 0.3) is 0 Å². The van der Waals surface area contributed by atoms with Crippen LogP contribution in [0.3, 0.4) is 0 Å². The minimum absolute atomic E-state index is 0.0463. The average molecular weight is 307 g/mol. The van der Waals surface area contributed by atoms with Gasteiger partial charge in [-0.15, -0.1) is 0 Å². The normalized spacial score (nSPS) is 27.0. The lowest BCUT2D eigenvalue weighted by Crippen LogP contribution is -2.44. The molecule has 122 valence electrons. The number of alkyl carbamates (subject to hydrolysis) is 1. The number of methoxy groups -OCH3 is 1. The number of halogens is 2. The van der Waals surface area contributed by atoms with Gasteiger partial charge >= 0.3 is 12.1 Å². The zero-order valence-electron chi connectivity index (χ0n) is 12.8. The highest BCUT2D eigenvalue weighted by atomic mass is 19.2. The number of nitrogens with one attached hydrogen (secondary N) is 1. The van der Waals surface area contributed by atoms with Crippen LogP contribution in [-0.4, -0.2) is 43.2 Å². The molecule has 1 N–H and O–H groups in total. The van der Waals surface area contributed by atoms with E-state index in [1.165, 1.54) is 7.11 Å². The van der Waals surface area contributed by atoms with Crippen LogP contribution >= 0.6 is 0 Å². The molecule has 1 aliphatic rings. The van der Waals surface area contributed by atoms with Crippen molar-refractivity contribution in [2.45, 2.75) is 64.0 Å². The Hall–Kier alpha value is -1.40. The Morgan fingerprint density at radius 2 is 1.76 bits per heavy atom. The van der Waals surface area contributed by atoms with Crippen molar-refractivity contribution in [3.05, 3.63) is 0 Å². The molecule has 0 aromatic heterocycles. The third-order valence-electron chi connectivity index (χ3n) is 3.26. The highest BCUT2D eigenvalue weighted by Gasteiger charge is 2.37. The zero-order valence-corrected chi connectivity index (χ0v) is 12.8. The van der Waals surface area contributed by atoms with E-state index >= 15 is 0 Å². The maximum atomic E-state index is 13.2. The highest BCUT2D eigenvalue weighted by molar-refractivity contribution is 5.81. The summed E-state index contributed by atoms with van der Waals surface area (Å²) >= 11 is 0. The van der Waals surface area contributed by atoms with E-state index in [0.29, 0.717) is 0 Å². The molecule has 0 aromatic carbocycles. The van der Waals surface area contributed by atoms with Gasteiger partial charge < -0.3 is 14.8 Å². The van der Waals surface area contributed by atoms with Gasteiger partial charge in [-0.25, -0.2) is 18.4 Å². The molecule has 0 aromatic rings. The van der Waals surface area contributed by atoms with Gasteiger partial charge in [-0.3, -0.25) is 0 Å². The first-order valence-electron chi connectivity index (χ1n) is 6.98. The summed E-state index contributed by atoms with van der Waals surface area (Å²) in [5, 5.41) is 2.40. The molecule has 0 aliphatic heterocycles. The van der Waals surface area contributed by atoms with E-state index in [-0.39, 0.29) is 25.2 Å². The predicted molar refractivity (Wildman–Crippen MR) is 72.3 cm³/mol. The van der Waals surface area contributed by atoms with E-state index in [0.717, 1.165) is 0 Å². The van der Waals surface area contributed by atoms with E-state index in [4.69, 9.17) is 4.74 Å². The Balaban J connectivity index is 2.60. The summed E-state index contributed by atoms with van der Waals surface area (Å²) in [4.78, 5) is 23.4. The molecule has 7 heteroatoms. The van der Waals surface area contributed by atoms with Gasteiger partial charge in [-0.05, 0) is 46.0 Å². The van der Waals surface area contributed by atoms with Crippen molar-refractivity contribution in [2.75, 3.05) is 7.11 Å². The van der Waals surface area contributed by atoms with Crippen molar-refractivity contribution in [2.24, 2.45) is 5.92 Å². The number of carbonyl (C=O) groups excluding carboxylic acids is 2. The van der Waals surface area contributed by atoms with Gasteiger partial charge in [0.2, 0.25) is 0 Å². The number of esters is 1. The zero-order chi connectivity index (χ0) is 16.2. The van der Waals surface area contributed by atoms with Crippen LogP contribution in [0.1, 0.15) is 40.0 Å². The van der Waals surface area contributed by atoms with Crippen LogP contribution in [0.4, 0.5) is 13.6 Å². The second-order valence-electron chi connectivity index (χ2n) is 6.33. The fourth-order valence-electron chi connectivity index (χ4n) is 2.36. The van der Waals surface area contributed by atoms with E-state index < -0.39 is 36.0 Å². The first kappa shape index (κ1) is 17.7. The maximum absolute atomic E-state index is 13.2.